The van der Waals surface area contributed by atoms with Crippen LogP contribution < -0.4 is 0 Å². The van der Waals surface area contributed by atoms with E-state index >= 15 is 0 Å². The summed E-state index contributed by atoms with van der Waals surface area (Å²) in [5.74, 6) is -0.527. The van der Waals surface area contributed by atoms with Crippen molar-refractivity contribution in [1.29, 1.82) is 0 Å². The van der Waals surface area contributed by atoms with Crippen molar-refractivity contribution in [2.45, 2.75) is 6.61 Å². The van der Waals surface area contributed by atoms with Crippen LogP contribution in [0.4, 0.5) is 0 Å². The fourth-order valence-electron chi connectivity index (χ4n) is 2.61. The van der Waals surface area contributed by atoms with Crippen molar-refractivity contribution in [3.8, 4) is 5.75 Å². The second kappa shape index (κ2) is 8.21. The van der Waals surface area contributed by atoms with Gasteiger partial charge < -0.3 is 20.3 Å². The Morgan fingerprint density at radius 3 is 2.56 bits per heavy atom. The average molecular weight is 361 g/mol. The SMILES string of the molecule is O=C(C=C(O)/C=C/c1ccc(O)c(CO)c1)/C=C/c1ccc2cc[nH]c2c1. The number of phenols is 1. The molecule has 4 N–H and O–H groups in total. The molecule has 0 saturated carbocycles. The first-order valence-electron chi connectivity index (χ1n) is 8.36. The van der Waals surface area contributed by atoms with Crippen molar-refractivity contribution in [3.05, 3.63) is 89.3 Å². The van der Waals surface area contributed by atoms with Gasteiger partial charge in [0, 0.05) is 23.4 Å². The molecule has 0 saturated heterocycles. The van der Waals surface area contributed by atoms with Gasteiger partial charge >= 0.3 is 0 Å². The number of nitrogens with one attached hydrogen (secondary N) is 1. The van der Waals surface area contributed by atoms with Gasteiger partial charge in [0.25, 0.3) is 0 Å². The topological polar surface area (TPSA) is 93.6 Å². The zero-order chi connectivity index (χ0) is 19.2. The first kappa shape index (κ1) is 18.2. The van der Waals surface area contributed by atoms with E-state index in [0.717, 1.165) is 22.5 Å². The largest absolute Gasteiger partial charge is 0.508 e. The maximum atomic E-state index is 12.0. The number of hydrogen-bond acceptors (Lipinski definition) is 4. The number of aliphatic hydroxyl groups excluding tert-OH is 2. The molecule has 0 radical (unpaired) electrons. The van der Waals surface area contributed by atoms with Crippen molar-refractivity contribution < 1.29 is 20.1 Å². The normalized spacial score (nSPS) is 12.4. The molecule has 0 aliphatic rings. The Labute approximate surface area is 156 Å². The number of aromatic nitrogens is 1. The molecule has 1 heterocycles. The van der Waals surface area contributed by atoms with E-state index in [-0.39, 0.29) is 23.9 Å². The number of carbonyl (C=O) groups is 1. The summed E-state index contributed by atoms with van der Waals surface area (Å²) >= 11 is 0. The van der Waals surface area contributed by atoms with Crippen LogP contribution in [-0.2, 0) is 11.4 Å². The predicted octanol–water partition coefficient (Wildman–Crippen LogP) is 4.10. The number of aromatic amines is 1. The summed E-state index contributed by atoms with van der Waals surface area (Å²) in [5.41, 5.74) is 2.93. The van der Waals surface area contributed by atoms with Gasteiger partial charge in [0.05, 0.1) is 6.61 Å². The van der Waals surface area contributed by atoms with Crippen molar-refractivity contribution in [2.24, 2.45) is 0 Å². The molecule has 0 spiro atoms. The van der Waals surface area contributed by atoms with E-state index in [2.05, 4.69) is 4.98 Å². The zero-order valence-electron chi connectivity index (χ0n) is 14.5. The van der Waals surface area contributed by atoms with Crippen LogP contribution >= 0.6 is 0 Å². The molecule has 2 aromatic carbocycles. The molecule has 1 aromatic heterocycles. The molecule has 0 fully saturated rings. The van der Waals surface area contributed by atoms with E-state index in [1.807, 2.05) is 30.5 Å². The van der Waals surface area contributed by atoms with Crippen LogP contribution in [0.5, 0.6) is 5.75 Å². The molecule has 0 aliphatic heterocycles. The quantitative estimate of drug-likeness (QED) is 0.302. The third-order valence-electron chi connectivity index (χ3n) is 4.03. The van der Waals surface area contributed by atoms with Gasteiger partial charge in [-0.05, 0) is 52.9 Å². The van der Waals surface area contributed by atoms with Gasteiger partial charge in [-0.2, -0.15) is 0 Å². The number of ketones is 1. The summed E-state index contributed by atoms with van der Waals surface area (Å²) in [6.45, 7) is -0.285. The highest BCUT2D eigenvalue weighted by Gasteiger charge is 2.00. The highest BCUT2D eigenvalue weighted by Crippen LogP contribution is 2.19. The molecule has 136 valence electrons. The third kappa shape index (κ3) is 4.74. The monoisotopic (exact) mass is 361 g/mol. The maximum Gasteiger partial charge on any atom is 0.182 e. The molecule has 5 heteroatoms. The van der Waals surface area contributed by atoms with Gasteiger partial charge in [0.2, 0.25) is 0 Å². The highest BCUT2D eigenvalue weighted by molar-refractivity contribution is 6.02. The van der Waals surface area contributed by atoms with Crippen LogP contribution in [0.25, 0.3) is 23.1 Å². The van der Waals surface area contributed by atoms with Crippen LogP contribution in [0.15, 0.2) is 72.6 Å². The van der Waals surface area contributed by atoms with Crippen LogP contribution in [0.2, 0.25) is 0 Å². The van der Waals surface area contributed by atoms with Crippen LogP contribution in [0.1, 0.15) is 16.7 Å². The van der Waals surface area contributed by atoms with Gasteiger partial charge in [0.15, 0.2) is 5.78 Å². The molecular formula is C22H19NO4. The van der Waals surface area contributed by atoms with Crippen molar-refractivity contribution >= 4 is 28.8 Å². The van der Waals surface area contributed by atoms with Gasteiger partial charge in [-0.1, -0.05) is 30.4 Å². The number of allylic oxidation sites excluding steroid dienone is 3. The molecule has 0 amide bonds. The Bertz CT molecular complexity index is 1060. The van der Waals surface area contributed by atoms with Crippen molar-refractivity contribution in [2.75, 3.05) is 0 Å². The zero-order valence-corrected chi connectivity index (χ0v) is 14.5. The minimum absolute atomic E-state index is 0.00673. The molecule has 5 nitrogen and oxygen atoms in total. The summed E-state index contributed by atoms with van der Waals surface area (Å²) in [5, 5.41) is 29.7. The van der Waals surface area contributed by atoms with E-state index in [1.54, 1.807) is 24.3 Å². The molecule has 0 bridgehead atoms. The third-order valence-corrected chi connectivity index (χ3v) is 4.03. The van der Waals surface area contributed by atoms with Gasteiger partial charge in [-0.15, -0.1) is 0 Å². The molecule has 27 heavy (non-hydrogen) atoms. The number of aromatic hydroxyl groups is 1. The number of H-pyrrole nitrogens is 1. The Hall–Kier alpha value is -3.57. The lowest BCUT2D eigenvalue weighted by atomic mass is 10.1. The first-order chi connectivity index (χ1) is 13.0. The second-order valence-corrected chi connectivity index (χ2v) is 6.01. The van der Waals surface area contributed by atoms with E-state index in [4.69, 9.17) is 5.11 Å². The Morgan fingerprint density at radius 1 is 1.00 bits per heavy atom. The summed E-state index contributed by atoms with van der Waals surface area (Å²) in [6, 6.07) is 12.5. The highest BCUT2D eigenvalue weighted by atomic mass is 16.3. The standard InChI is InChI=1S/C22H19NO4/c24-14-18-11-15(4-8-22(18)27)2-6-19(25)13-20(26)7-3-16-1-5-17-9-10-23-21(17)12-16/h1-13,23-25,27H,14H2/b6-2+,7-3+,19-13?. The molecule has 3 rings (SSSR count). The Kier molecular flexibility index (Phi) is 5.54. The lowest BCUT2D eigenvalue weighted by Gasteiger charge is -2.01. The number of carbonyl (C=O) groups excluding carboxylic acids is 1. The van der Waals surface area contributed by atoms with Gasteiger partial charge in [-0.3, -0.25) is 4.79 Å². The molecule has 0 unspecified atom stereocenters. The van der Waals surface area contributed by atoms with Crippen LogP contribution in [0, 0.1) is 0 Å². The van der Waals surface area contributed by atoms with E-state index in [9.17, 15) is 15.0 Å². The summed E-state index contributed by atoms with van der Waals surface area (Å²) in [4.78, 5) is 15.1. The number of benzene rings is 2. The van der Waals surface area contributed by atoms with Crippen LogP contribution in [0.3, 0.4) is 0 Å². The number of hydrogen-bond donors (Lipinski definition) is 4. The Balaban J connectivity index is 1.66. The number of fused-ring (bicyclic) bond motifs is 1. The average Bonchev–Trinajstić information content (AvgIpc) is 3.13. The number of aliphatic hydroxyl groups is 2. The molecule has 0 atom stereocenters. The Morgan fingerprint density at radius 2 is 1.74 bits per heavy atom. The fraction of sp³-hybridized carbons (Fsp3) is 0.0455. The first-order valence-corrected chi connectivity index (χ1v) is 8.36. The van der Waals surface area contributed by atoms with Crippen molar-refractivity contribution in [1.82, 2.24) is 4.98 Å². The second-order valence-electron chi connectivity index (χ2n) is 6.01. The fourth-order valence-corrected chi connectivity index (χ4v) is 2.61. The molecule has 0 aliphatic carbocycles. The lowest BCUT2D eigenvalue weighted by Crippen LogP contribution is -1.89. The van der Waals surface area contributed by atoms with E-state index in [1.165, 1.54) is 18.2 Å². The van der Waals surface area contributed by atoms with E-state index in [0.29, 0.717) is 11.1 Å². The minimum Gasteiger partial charge on any atom is -0.508 e. The van der Waals surface area contributed by atoms with Crippen LogP contribution in [-0.4, -0.2) is 26.1 Å². The number of rotatable bonds is 6. The molecular weight excluding hydrogens is 342 g/mol. The summed E-state index contributed by atoms with van der Waals surface area (Å²) < 4.78 is 0. The predicted molar refractivity (Wildman–Crippen MR) is 106 cm³/mol. The van der Waals surface area contributed by atoms with Gasteiger partial charge in [-0.25, -0.2) is 0 Å². The summed E-state index contributed by atoms with van der Waals surface area (Å²) in [7, 11) is 0. The molecule has 3 aromatic rings. The smallest absolute Gasteiger partial charge is 0.182 e. The maximum absolute atomic E-state index is 12.0. The van der Waals surface area contributed by atoms with Crippen molar-refractivity contribution in [3.63, 3.8) is 0 Å². The van der Waals surface area contributed by atoms with Gasteiger partial charge in [0.1, 0.15) is 11.5 Å². The lowest BCUT2D eigenvalue weighted by molar-refractivity contribution is -0.110. The summed E-state index contributed by atoms with van der Waals surface area (Å²) in [6.07, 6.45) is 9.01. The van der Waals surface area contributed by atoms with E-state index < -0.39 is 0 Å². The minimum atomic E-state index is -0.342.